The molecule has 1 rings (SSSR count). The molecule has 0 unspecified atom stereocenters. The number of hydrogen-bond donors (Lipinski definition) is 1. The van der Waals surface area contributed by atoms with Gasteiger partial charge in [-0.25, -0.2) is 8.78 Å². The highest BCUT2D eigenvalue weighted by atomic mass is 19.3. The van der Waals surface area contributed by atoms with E-state index in [1.54, 1.807) is 0 Å². The lowest BCUT2D eigenvalue weighted by Crippen LogP contribution is -2.14. The van der Waals surface area contributed by atoms with Crippen LogP contribution in [0.1, 0.15) is 23.9 Å². The molecular formula is C10H17F2N3. The molecule has 0 aliphatic carbocycles. The van der Waals surface area contributed by atoms with Crippen LogP contribution in [0.25, 0.3) is 0 Å². The Balaban J connectivity index is 2.83. The molecule has 1 aromatic heterocycles. The molecule has 0 spiro atoms. The van der Waals surface area contributed by atoms with Gasteiger partial charge in [-0.3, -0.25) is 4.68 Å². The maximum absolute atomic E-state index is 12.2. The molecule has 0 amide bonds. The van der Waals surface area contributed by atoms with Crippen molar-refractivity contribution in [2.45, 2.75) is 40.3 Å². The Morgan fingerprint density at radius 2 is 2.07 bits per heavy atom. The third-order valence-electron chi connectivity index (χ3n) is 2.39. The van der Waals surface area contributed by atoms with E-state index in [-0.39, 0.29) is 6.54 Å². The van der Waals surface area contributed by atoms with Gasteiger partial charge < -0.3 is 5.32 Å². The number of nitrogens with one attached hydrogen (secondary N) is 1. The molecule has 1 aromatic rings. The zero-order valence-electron chi connectivity index (χ0n) is 9.35. The molecule has 0 bridgehead atoms. The highest BCUT2D eigenvalue weighted by Gasteiger charge is 2.13. The molecule has 1 N–H and O–H groups in total. The minimum absolute atomic E-state index is 0.321. The van der Waals surface area contributed by atoms with Crippen molar-refractivity contribution in [2.24, 2.45) is 0 Å². The van der Waals surface area contributed by atoms with Crippen molar-refractivity contribution >= 4 is 0 Å². The second-order valence-electron chi connectivity index (χ2n) is 3.50. The van der Waals surface area contributed by atoms with Crippen molar-refractivity contribution in [3.8, 4) is 0 Å². The zero-order valence-corrected chi connectivity index (χ0v) is 9.35. The van der Waals surface area contributed by atoms with Crippen LogP contribution in [-0.2, 0) is 13.1 Å². The fraction of sp³-hybridized carbons (Fsp3) is 0.700. The Morgan fingerprint density at radius 1 is 1.40 bits per heavy atom. The van der Waals surface area contributed by atoms with E-state index in [1.165, 1.54) is 4.68 Å². The number of rotatable bonds is 5. The Labute approximate surface area is 88.5 Å². The number of aromatic nitrogens is 2. The van der Waals surface area contributed by atoms with E-state index in [1.807, 2.05) is 20.8 Å². The molecule has 15 heavy (non-hydrogen) atoms. The van der Waals surface area contributed by atoms with Gasteiger partial charge in [0.15, 0.2) is 0 Å². The second-order valence-corrected chi connectivity index (χ2v) is 3.50. The molecule has 86 valence electrons. The first-order chi connectivity index (χ1) is 7.06. The van der Waals surface area contributed by atoms with Gasteiger partial charge in [0, 0.05) is 17.8 Å². The van der Waals surface area contributed by atoms with Crippen LogP contribution >= 0.6 is 0 Å². The summed E-state index contributed by atoms with van der Waals surface area (Å²) in [7, 11) is 0. The van der Waals surface area contributed by atoms with E-state index in [2.05, 4.69) is 10.4 Å². The molecule has 3 nitrogen and oxygen atoms in total. The van der Waals surface area contributed by atoms with E-state index in [9.17, 15) is 8.78 Å². The zero-order chi connectivity index (χ0) is 11.4. The standard InChI is InChI=1S/C10H17F2N3/c1-4-13-5-9-7(2)14-15(8(9)3)6-10(11)12/h10,13H,4-6H2,1-3H3. The summed E-state index contributed by atoms with van der Waals surface area (Å²) in [6.45, 7) is 6.92. The highest BCUT2D eigenvalue weighted by molar-refractivity contribution is 5.24. The monoisotopic (exact) mass is 217 g/mol. The quantitative estimate of drug-likeness (QED) is 0.816. The summed E-state index contributed by atoms with van der Waals surface area (Å²) in [5.41, 5.74) is 2.68. The first-order valence-electron chi connectivity index (χ1n) is 5.08. The van der Waals surface area contributed by atoms with Crippen molar-refractivity contribution < 1.29 is 8.78 Å². The summed E-state index contributed by atoms with van der Waals surface area (Å²) in [6.07, 6.45) is -2.35. The van der Waals surface area contributed by atoms with Crippen LogP contribution in [0.5, 0.6) is 0 Å². The Hall–Kier alpha value is -0.970. The van der Waals surface area contributed by atoms with Gasteiger partial charge in [-0.2, -0.15) is 5.10 Å². The lowest BCUT2D eigenvalue weighted by atomic mass is 10.2. The van der Waals surface area contributed by atoms with Gasteiger partial charge in [0.2, 0.25) is 0 Å². The Bertz CT molecular complexity index is 321. The third kappa shape index (κ3) is 2.99. The molecule has 0 fully saturated rings. The maximum atomic E-state index is 12.2. The number of hydrogen-bond acceptors (Lipinski definition) is 2. The van der Waals surface area contributed by atoms with Gasteiger partial charge in [-0.05, 0) is 20.4 Å². The van der Waals surface area contributed by atoms with Gasteiger partial charge in [0.25, 0.3) is 6.43 Å². The van der Waals surface area contributed by atoms with Crippen molar-refractivity contribution in [3.63, 3.8) is 0 Å². The summed E-state index contributed by atoms with van der Waals surface area (Å²) in [5, 5.41) is 7.27. The van der Waals surface area contributed by atoms with Gasteiger partial charge in [0.1, 0.15) is 6.54 Å². The summed E-state index contributed by atoms with van der Waals surface area (Å²) >= 11 is 0. The van der Waals surface area contributed by atoms with Crippen LogP contribution in [0.15, 0.2) is 0 Å². The molecular weight excluding hydrogens is 200 g/mol. The van der Waals surface area contributed by atoms with E-state index in [0.29, 0.717) is 6.54 Å². The second kappa shape index (κ2) is 5.21. The number of aryl methyl sites for hydroxylation is 1. The van der Waals surface area contributed by atoms with Crippen LogP contribution in [0.4, 0.5) is 8.78 Å². The van der Waals surface area contributed by atoms with Crippen LogP contribution in [0.2, 0.25) is 0 Å². The van der Waals surface area contributed by atoms with Crippen LogP contribution in [0, 0.1) is 13.8 Å². The molecule has 0 radical (unpaired) electrons. The Morgan fingerprint density at radius 3 is 2.60 bits per heavy atom. The van der Waals surface area contributed by atoms with Crippen LogP contribution in [0.3, 0.4) is 0 Å². The smallest absolute Gasteiger partial charge is 0.257 e. The minimum atomic E-state index is -2.35. The van der Waals surface area contributed by atoms with Crippen LogP contribution < -0.4 is 5.32 Å². The fourth-order valence-corrected chi connectivity index (χ4v) is 1.55. The topological polar surface area (TPSA) is 29.9 Å². The predicted octanol–water partition coefficient (Wildman–Crippen LogP) is 1.87. The third-order valence-corrected chi connectivity index (χ3v) is 2.39. The van der Waals surface area contributed by atoms with Crippen molar-refractivity contribution in [1.29, 1.82) is 0 Å². The van der Waals surface area contributed by atoms with Gasteiger partial charge in [0.05, 0.1) is 5.69 Å². The lowest BCUT2D eigenvalue weighted by Gasteiger charge is -2.04. The molecule has 0 aromatic carbocycles. The van der Waals surface area contributed by atoms with E-state index < -0.39 is 6.43 Å². The first-order valence-corrected chi connectivity index (χ1v) is 5.08. The van der Waals surface area contributed by atoms with Gasteiger partial charge in [-0.15, -0.1) is 0 Å². The van der Waals surface area contributed by atoms with Gasteiger partial charge in [-0.1, -0.05) is 6.92 Å². The summed E-state index contributed by atoms with van der Waals surface area (Å²) in [5.74, 6) is 0. The minimum Gasteiger partial charge on any atom is -0.313 e. The first kappa shape index (κ1) is 12.1. The molecule has 0 saturated heterocycles. The maximum Gasteiger partial charge on any atom is 0.257 e. The summed E-state index contributed by atoms with van der Waals surface area (Å²) in [6, 6.07) is 0. The lowest BCUT2D eigenvalue weighted by molar-refractivity contribution is 0.121. The Kier molecular flexibility index (Phi) is 4.20. The molecule has 5 heteroatoms. The van der Waals surface area contributed by atoms with Gasteiger partial charge >= 0.3 is 0 Å². The normalized spacial score (nSPS) is 11.3. The highest BCUT2D eigenvalue weighted by Crippen LogP contribution is 2.13. The average Bonchev–Trinajstić information content (AvgIpc) is 2.39. The average molecular weight is 217 g/mol. The molecule has 0 atom stereocenters. The number of alkyl halides is 2. The van der Waals surface area contributed by atoms with Crippen molar-refractivity contribution in [2.75, 3.05) is 6.54 Å². The van der Waals surface area contributed by atoms with E-state index in [4.69, 9.17) is 0 Å². The van der Waals surface area contributed by atoms with Crippen molar-refractivity contribution in [1.82, 2.24) is 15.1 Å². The SMILES string of the molecule is CCNCc1c(C)nn(CC(F)F)c1C. The summed E-state index contributed by atoms with van der Waals surface area (Å²) < 4.78 is 25.8. The van der Waals surface area contributed by atoms with E-state index in [0.717, 1.165) is 23.5 Å². The molecule has 1 heterocycles. The largest absolute Gasteiger partial charge is 0.313 e. The molecule has 0 saturated carbocycles. The predicted molar refractivity (Wildman–Crippen MR) is 55.1 cm³/mol. The van der Waals surface area contributed by atoms with Crippen LogP contribution in [-0.4, -0.2) is 22.8 Å². The van der Waals surface area contributed by atoms with Crippen molar-refractivity contribution in [3.05, 3.63) is 17.0 Å². The molecule has 0 aliphatic heterocycles. The number of nitrogens with zero attached hydrogens (tertiary/aromatic N) is 2. The summed E-state index contributed by atoms with van der Waals surface area (Å²) in [4.78, 5) is 0. The number of halogens is 2. The fourth-order valence-electron chi connectivity index (χ4n) is 1.55. The molecule has 0 aliphatic rings. The van der Waals surface area contributed by atoms with E-state index >= 15 is 0 Å².